The summed E-state index contributed by atoms with van der Waals surface area (Å²) in [7, 11) is 2.00. The number of carbonyl (C=O) groups is 1. The second kappa shape index (κ2) is 7.13. The highest BCUT2D eigenvalue weighted by Gasteiger charge is 2.47. The summed E-state index contributed by atoms with van der Waals surface area (Å²) in [5, 5.41) is 1.76. The molecule has 1 aromatic heterocycles. The highest BCUT2D eigenvalue weighted by molar-refractivity contribution is 6.31. The molecule has 1 aliphatic carbocycles. The van der Waals surface area contributed by atoms with Crippen molar-refractivity contribution in [1.29, 1.82) is 0 Å². The fraction of sp³-hybridized carbons (Fsp3) is 0.560. The molecule has 4 atom stereocenters. The van der Waals surface area contributed by atoms with Crippen molar-refractivity contribution in [2.75, 3.05) is 19.6 Å². The van der Waals surface area contributed by atoms with Gasteiger partial charge in [0.1, 0.15) is 5.69 Å². The Morgan fingerprint density at radius 3 is 2.93 bits per heavy atom. The summed E-state index contributed by atoms with van der Waals surface area (Å²) in [5.74, 6) is 1.46. The van der Waals surface area contributed by atoms with Gasteiger partial charge in [0.25, 0.3) is 5.91 Å². The van der Waals surface area contributed by atoms with E-state index in [0.29, 0.717) is 16.9 Å². The minimum Gasteiger partial charge on any atom is -0.340 e. The van der Waals surface area contributed by atoms with Gasteiger partial charge in [-0.25, -0.2) is 0 Å². The molecule has 1 amide bonds. The molecule has 3 fully saturated rings. The Bertz CT molecular complexity index is 1040. The van der Waals surface area contributed by atoms with Gasteiger partial charge in [0.05, 0.1) is 6.04 Å². The zero-order chi connectivity index (χ0) is 20.4. The van der Waals surface area contributed by atoms with Crippen molar-refractivity contribution < 1.29 is 4.79 Å². The molecule has 4 aliphatic rings. The summed E-state index contributed by atoms with van der Waals surface area (Å²) in [5.41, 5.74) is 3.39. The van der Waals surface area contributed by atoms with Gasteiger partial charge in [0.15, 0.2) is 0 Å². The lowest BCUT2D eigenvalue weighted by molar-refractivity contribution is 0.00122. The molecule has 2 bridgehead atoms. The highest BCUT2D eigenvalue weighted by Crippen LogP contribution is 2.45. The van der Waals surface area contributed by atoms with Crippen LogP contribution in [0.2, 0.25) is 5.02 Å². The molecule has 4 heterocycles. The Morgan fingerprint density at radius 2 is 2.03 bits per heavy atom. The third kappa shape index (κ3) is 2.87. The Morgan fingerprint density at radius 1 is 1.13 bits per heavy atom. The first-order valence-electron chi connectivity index (χ1n) is 11.6. The van der Waals surface area contributed by atoms with Crippen LogP contribution in [-0.2, 0) is 7.05 Å². The van der Waals surface area contributed by atoms with Crippen LogP contribution < -0.4 is 0 Å². The zero-order valence-corrected chi connectivity index (χ0v) is 18.4. The third-order valence-electron chi connectivity index (χ3n) is 8.14. The summed E-state index contributed by atoms with van der Waals surface area (Å²) in [6, 6.07) is 8.92. The van der Waals surface area contributed by atoms with E-state index in [2.05, 4.69) is 15.9 Å². The van der Waals surface area contributed by atoms with E-state index in [0.717, 1.165) is 42.1 Å². The van der Waals surface area contributed by atoms with E-state index in [4.69, 9.17) is 11.6 Å². The van der Waals surface area contributed by atoms with Crippen LogP contribution in [0.1, 0.15) is 49.0 Å². The maximum absolute atomic E-state index is 13.8. The number of aromatic nitrogens is 1. The third-order valence-corrected chi connectivity index (χ3v) is 8.38. The van der Waals surface area contributed by atoms with Crippen LogP contribution in [0, 0.1) is 11.8 Å². The Hall–Kier alpha value is -1.78. The van der Waals surface area contributed by atoms with Crippen LogP contribution >= 0.6 is 11.6 Å². The normalized spacial score (nSPS) is 31.3. The standard InChI is InChI=1S/C25H30ClN3O/c1-27-21-8-7-20(26)13-18(21)14-23(27)25(30)29-10-4-5-16-11-17-12-19(24(16)29)15-28-9-3-2-6-22(17)28/h7-8,11,13-14,17,19,22,24H,2-6,9-10,12,15H2,1H3/t17-,19-,22+,24-/m0/s1. The number of hydrogen-bond donors (Lipinski definition) is 0. The number of aryl methyl sites for hydroxylation is 1. The zero-order valence-electron chi connectivity index (χ0n) is 17.7. The number of carbonyl (C=O) groups excluding carboxylic acids is 1. The number of nitrogens with zero attached hydrogens (tertiary/aromatic N) is 3. The number of benzene rings is 1. The monoisotopic (exact) mass is 423 g/mol. The van der Waals surface area contributed by atoms with Crippen LogP contribution in [-0.4, -0.2) is 52.0 Å². The molecule has 2 aromatic rings. The average Bonchev–Trinajstić information content (AvgIpc) is 3.08. The predicted molar refractivity (Wildman–Crippen MR) is 121 cm³/mol. The smallest absolute Gasteiger partial charge is 0.271 e. The molecule has 4 nitrogen and oxygen atoms in total. The van der Waals surface area contributed by atoms with Crippen LogP contribution in [0.5, 0.6) is 0 Å². The van der Waals surface area contributed by atoms with Gasteiger partial charge in [-0.1, -0.05) is 29.7 Å². The fourth-order valence-electron chi connectivity index (χ4n) is 6.87. The first kappa shape index (κ1) is 18.9. The number of piperidine rings is 3. The SMILES string of the molecule is Cn1c(C(=O)N2CCCC3=C[C@H]4C[C@@H](CN5CCCC[C@H]45)[C@H]32)cc2cc(Cl)ccc21. The van der Waals surface area contributed by atoms with Crippen molar-refractivity contribution >= 4 is 28.4 Å². The minimum atomic E-state index is 0.180. The van der Waals surface area contributed by atoms with Crippen LogP contribution in [0.15, 0.2) is 35.9 Å². The number of hydrogen-bond acceptors (Lipinski definition) is 2. The molecule has 30 heavy (non-hydrogen) atoms. The molecule has 0 radical (unpaired) electrons. The number of halogens is 1. The molecule has 3 aliphatic heterocycles. The van der Waals surface area contributed by atoms with Crippen molar-refractivity contribution in [2.45, 2.75) is 50.6 Å². The van der Waals surface area contributed by atoms with Crippen LogP contribution in [0.25, 0.3) is 10.9 Å². The number of likely N-dealkylation sites (tertiary alicyclic amines) is 1. The van der Waals surface area contributed by atoms with Crippen molar-refractivity contribution in [3.63, 3.8) is 0 Å². The number of amides is 1. The summed E-state index contributed by atoms with van der Waals surface area (Å²) in [4.78, 5) is 18.8. The molecule has 1 aromatic carbocycles. The van der Waals surface area contributed by atoms with Gasteiger partial charge < -0.3 is 9.47 Å². The van der Waals surface area contributed by atoms with Crippen molar-refractivity contribution in [3.8, 4) is 0 Å². The van der Waals surface area contributed by atoms with Crippen LogP contribution in [0.3, 0.4) is 0 Å². The lowest BCUT2D eigenvalue weighted by atomic mass is 9.68. The molecular weight excluding hydrogens is 394 g/mol. The van der Waals surface area contributed by atoms with Gasteiger partial charge in [0.2, 0.25) is 0 Å². The molecule has 0 N–H and O–H groups in total. The largest absolute Gasteiger partial charge is 0.340 e. The van der Waals surface area contributed by atoms with E-state index in [1.807, 2.05) is 35.9 Å². The van der Waals surface area contributed by atoms with Gasteiger partial charge >= 0.3 is 0 Å². The van der Waals surface area contributed by atoms with E-state index in [9.17, 15) is 4.79 Å². The molecule has 5 heteroatoms. The molecule has 158 valence electrons. The Balaban J connectivity index is 1.36. The lowest BCUT2D eigenvalue weighted by Gasteiger charge is -2.54. The van der Waals surface area contributed by atoms with E-state index < -0.39 is 0 Å². The van der Waals surface area contributed by atoms with Gasteiger partial charge in [-0.15, -0.1) is 0 Å². The minimum absolute atomic E-state index is 0.180. The first-order valence-corrected chi connectivity index (χ1v) is 12.0. The molecule has 3 saturated heterocycles. The predicted octanol–water partition coefficient (Wildman–Crippen LogP) is 4.87. The summed E-state index contributed by atoms with van der Waals surface area (Å²) >= 11 is 6.20. The van der Waals surface area contributed by atoms with Gasteiger partial charge in [-0.3, -0.25) is 9.69 Å². The van der Waals surface area contributed by atoms with Crippen LogP contribution in [0.4, 0.5) is 0 Å². The summed E-state index contributed by atoms with van der Waals surface area (Å²) in [6.07, 6.45) is 10.2. The molecular formula is C25H30ClN3O. The number of fused-ring (bicyclic) bond motifs is 7. The van der Waals surface area contributed by atoms with Gasteiger partial charge in [0, 0.05) is 42.1 Å². The molecule has 0 unspecified atom stereocenters. The van der Waals surface area contributed by atoms with Gasteiger partial charge in [-0.2, -0.15) is 0 Å². The number of rotatable bonds is 1. The van der Waals surface area contributed by atoms with E-state index >= 15 is 0 Å². The average molecular weight is 424 g/mol. The lowest BCUT2D eigenvalue weighted by Crippen LogP contribution is -2.60. The molecule has 0 saturated carbocycles. The second-order valence-corrected chi connectivity index (χ2v) is 10.2. The second-order valence-electron chi connectivity index (χ2n) is 9.80. The van der Waals surface area contributed by atoms with Crippen molar-refractivity contribution in [2.24, 2.45) is 18.9 Å². The summed E-state index contributed by atoms with van der Waals surface area (Å²) in [6.45, 7) is 3.27. The highest BCUT2D eigenvalue weighted by atomic mass is 35.5. The molecule has 6 rings (SSSR count). The Kier molecular flexibility index (Phi) is 4.50. The van der Waals surface area contributed by atoms with E-state index in [-0.39, 0.29) is 11.9 Å². The fourth-order valence-corrected chi connectivity index (χ4v) is 7.05. The van der Waals surface area contributed by atoms with E-state index in [1.165, 1.54) is 38.6 Å². The topological polar surface area (TPSA) is 28.5 Å². The quantitative estimate of drug-likeness (QED) is 0.612. The van der Waals surface area contributed by atoms with Crippen molar-refractivity contribution in [1.82, 2.24) is 14.4 Å². The maximum Gasteiger partial charge on any atom is 0.271 e. The maximum atomic E-state index is 13.8. The van der Waals surface area contributed by atoms with E-state index in [1.54, 1.807) is 5.57 Å². The van der Waals surface area contributed by atoms with Gasteiger partial charge in [-0.05, 0) is 74.8 Å². The Labute approximate surface area is 183 Å². The molecule has 0 spiro atoms. The van der Waals surface area contributed by atoms with Crippen molar-refractivity contribution in [3.05, 3.63) is 46.6 Å². The summed E-state index contributed by atoms with van der Waals surface area (Å²) < 4.78 is 2.04. The first-order chi connectivity index (χ1) is 14.6.